The van der Waals surface area contributed by atoms with Crippen molar-refractivity contribution in [3.8, 4) is 6.07 Å². The van der Waals surface area contributed by atoms with Gasteiger partial charge in [-0.2, -0.15) is 5.26 Å². The number of pyridine rings is 1. The highest BCUT2D eigenvalue weighted by Gasteiger charge is 1.99. The number of nitriles is 1. The van der Waals surface area contributed by atoms with Gasteiger partial charge < -0.3 is 0 Å². The zero-order valence-corrected chi connectivity index (χ0v) is 9.44. The Balaban J connectivity index is 2.37. The van der Waals surface area contributed by atoms with Crippen molar-refractivity contribution in [3.05, 3.63) is 22.8 Å². The van der Waals surface area contributed by atoms with E-state index in [4.69, 9.17) is 5.26 Å². The van der Waals surface area contributed by atoms with Gasteiger partial charge in [0.15, 0.2) is 0 Å². The fourth-order valence-corrected chi connectivity index (χ4v) is 2.22. The van der Waals surface area contributed by atoms with Gasteiger partial charge in [0.1, 0.15) is 5.03 Å². The summed E-state index contributed by atoms with van der Waals surface area (Å²) in [6.07, 6.45) is 3.32. The normalized spacial score (nSPS) is 9.54. The Morgan fingerprint density at radius 2 is 2.46 bits per heavy atom. The smallest absolute Gasteiger partial charge is 0.110 e. The fourth-order valence-electron chi connectivity index (χ4n) is 0.797. The summed E-state index contributed by atoms with van der Waals surface area (Å²) < 4.78 is 1.02. The van der Waals surface area contributed by atoms with Crippen LogP contribution in [0.4, 0.5) is 0 Å². The second-order valence-electron chi connectivity index (χ2n) is 2.40. The van der Waals surface area contributed by atoms with Crippen LogP contribution in [0.25, 0.3) is 0 Å². The first kappa shape index (κ1) is 10.6. The van der Waals surface area contributed by atoms with Gasteiger partial charge in [-0.15, -0.1) is 11.8 Å². The molecule has 1 rings (SSSR count). The Morgan fingerprint density at radius 1 is 1.62 bits per heavy atom. The second-order valence-corrected chi connectivity index (χ2v) is 4.34. The SMILES string of the molecule is N#CCCCSc1ncccc1Br. The zero-order valence-electron chi connectivity index (χ0n) is 7.03. The summed E-state index contributed by atoms with van der Waals surface area (Å²) in [4.78, 5) is 4.21. The molecule has 0 fully saturated rings. The number of nitrogens with zero attached hydrogens (tertiary/aromatic N) is 2. The molecule has 1 aromatic rings. The predicted octanol–water partition coefficient (Wildman–Crippen LogP) is 3.24. The molecule has 0 saturated heterocycles. The van der Waals surface area contributed by atoms with Gasteiger partial charge in [-0.05, 0) is 34.5 Å². The molecule has 0 bridgehead atoms. The minimum atomic E-state index is 0.622. The summed E-state index contributed by atoms with van der Waals surface area (Å²) >= 11 is 5.09. The topological polar surface area (TPSA) is 36.7 Å². The fraction of sp³-hybridized carbons (Fsp3) is 0.333. The van der Waals surface area contributed by atoms with E-state index in [1.54, 1.807) is 18.0 Å². The van der Waals surface area contributed by atoms with E-state index in [0.29, 0.717) is 6.42 Å². The summed E-state index contributed by atoms with van der Waals surface area (Å²) in [6, 6.07) is 5.99. The highest BCUT2D eigenvalue weighted by Crippen LogP contribution is 2.24. The van der Waals surface area contributed by atoms with E-state index < -0.39 is 0 Å². The molecule has 0 saturated carbocycles. The summed E-state index contributed by atoms with van der Waals surface area (Å²) in [7, 11) is 0. The molecule has 2 nitrogen and oxygen atoms in total. The third-order valence-corrected chi connectivity index (χ3v) is 3.39. The van der Waals surface area contributed by atoms with E-state index in [1.807, 2.05) is 12.1 Å². The summed E-state index contributed by atoms with van der Waals surface area (Å²) in [6.45, 7) is 0. The van der Waals surface area contributed by atoms with Crippen LogP contribution in [0.15, 0.2) is 27.8 Å². The van der Waals surface area contributed by atoms with Crippen molar-refractivity contribution >= 4 is 27.7 Å². The highest BCUT2D eigenvalue weighted by atomic mass is 79.9. The molecular weight excluding hydrogens is 248 g/mol. The predicted molar refractivity (Wildman–Crippen MR) is 57.5 cm³/mol. The van der Waals surface area contributed by atoms with E-state index in [2.05, 4.69) is 27.0 Å². The van der Waals surface area contributed by atoms with Crippen LogP contribution in [-0.4, -0.2) is 10.7 Å². The van der Waals surface area contributed by atoms with Gasteiger partial charge >= 0.3 is 0 Å². The molecule has 0 aliphatic rings. The maximum Gasteiger partial charge on any atom is 0.110 e. The van der Waals surface area contributed by atoms with Crippen molar-refractivity contribution in [2.75, 3.05) is 5.75 Å². The van der Waals surface area contributed by atoms with E-state index in [9.17, 15) is 0 Å². The molecule has 0 amide bonds. The second kappa shape index (κ2) is 6.01. The monoisotopic (exact) mass is 256 g/mol. The average molecular weight is 257 g/mol. The molecule has 0 aliphatic heterocycles. The molecule has 13 heavy (non-hydrogen) atoms. The summed E-state index contributed by atoms with van der Waals surface area (Å²) in [5, 5.41) is 9.33. The van der Waals surface area contributed by atoms with E-state index in [-0.39, 0.29) is 0 Å². The van der Waals surface area contributed by atoms with Crippen molar-refractivity contribution in [2.24, 2.45) is 0 Å². The molecule has 0 unspecified atom stereocenters. The highest BCUT2D eigenvalue weighted by molar-refractivity contribution is 9.10. The molecule has 4 heteroatoms. The molecule has 0 N–H and O–H groups in total. The van der Waals surface area contributed by atoms with Crippen LogP contribution in [0.1, 0.15) is 12.8 Å². The molecule has 1 heterocycles. The molecule has 0 spiro atoms. The van der Waals surface area contributed by atoms with Crippen LogP contribution in [0.3, 0.4) is 0 Å². The van der Waals surface area contributed by atoms with Crippen molar-refractivity contribution in [2.45, 2.75) is 17.9 Å². The summed E-state index contributed by atoms with van der Waals surface area (Å²) in [5.74, 6) is 0.948. The van der Waals surface area contributed by atoms with E-state index in [0.717, 1.165) is 21.7 Å². The van der Waals surface area contributed by atoms with Crippen molar-refractivity contribution in [3.63, 3.8) is 0 Å². The lowest BCUT2D eigenvalue weighted by molar-refractivity contribution is 0.976. The molecule has 0 radical (unpaired) electrons. The third kappa shape index (κ3) is 3.79. The Labute approximate surface area is 90.5 Å². The Bertz CT molecular complexity index is 309. The first-order chi connectivity index (χ1) is 6.34. The van der Waals surface area contributed by atoms with Crippen LogP contribution in [0.5, 0.6) is 0 Å². The lowest BCUT2D eigenvalue weighted by atomic mass is 10.4. The van der Waals surface area contributed by atoms with Crippen LogP contribution < -0.4 is 0 Å². The molecule has 0 aliphatic carbocycles. The maximum atomic E-state index is 8.33. The Kier molecular flexibility index (Phi) is 4.87. The van der Waals surface area contributed by atoms with Gasteiger partial charge in [0.05, 0.1) is 6.07 Å². The van der Waals surface area contributed by atoms with Crippen molar-refractivity contribution < 1.29 is 0 Å². The number of thioether (sulfide) groups is 1. The van der Waals surface area contributed by atoms with Crippen LogP contribution in [0.2, 0.25) is 0 Å². The van der Waals surface area contributed by atoms with Crippen molar-refractivity contribution in [1.82, 2.24) is 4.98 Å². The standard InChI is InChI=1S/C9H9BrN2S/c10-8-4-3-6-12-9(8)13-7-2-1-5-11/h3-4,6H,1-2,7H2. The van der Waals surface area contributed by atoms with E-state index in [1.165, 1.54) is 0 Å². The summed E-state index contributed by atoms with van der Waals surface area (Å²) in [5.41, 5.74) is 0. The lowest BCUT2D eigenvalue weighted by Gasteiger charge is -2.00. The number of unbranched alkanes of at least 4 members (excludes halogenated alkanes) is 1. The minimum Gasteiger partial charge on any atom is -0.249 e. The molecular formula is C9H9BrN2S. The quantitative estimate of drug-likeness (QED) is 0.613. The lowest BCUT2D eigenvalue weighted by Crippen LogP contribution is -1.83. The van der Waals surface area contributed by atoms with Gasteiger partial charge in [-0.1, -0.05) is 0 Å². The number of halogens is 1. The largest absolute Gasteiger partial charge is 0.249 e. The zero-order chi connectivity index (χ0) is 9.52. The number of aromatic nitrogens is 1. The average Bonchev–Trinajstić information content (AvgIpc) is 2.15. The first-order valence-electron chi connectivity index (χ1n) is 3.95. The Hall–Kier alpha value is -0.530. The van der Waals surface area contributed by atoms with Crippen LogP contribution >= 0.6 is 27.7 Å². The van der Waals surface area contributed by atoms with Crippen LogP contribution in [0, 0.1) is 11.3 Å². The van der Waals surface area contributed by atoms with Gasteiger partial charge in [0.2, 0.25) is 0 Å². The minimum absolute atomic E-state index is 0.622. The third-order valence-electron chi connectivity index (χ3n) is 1.40. The first-order valence-corrected chi connectivity index (χ1v) is 5.72. The van der Waals surface area contributed by atoms with Gasteiger partial charge in [-0.3, -0.25) is 0 Å². The van der Waals surface area contributed by atoms with Crippen molar-refractivity contribution in [1.29, 1.82) is 5.26 Å². The maximum absolute atomic E-state index is 8.33. The van der Waals surface area contributed by atoms with Gasteiger partial charge in [-0.25, -0.2) is 4.98 Å². The molecule has 0 aromatic carbocycles. The Morgan fingerprint density at radius 3 is 3.15 bits per heavy atom. The molecule has 0 atom stereocenters. The molecule has 68 valence electrons. The van der Waals surface area contributed by atoms with Gasteiger partial charge in [0, 0.05) is 22.8 Å². The van der Waals surface area contributed by atoms with E-state index >= 15 is 0 Å². The molecule has 1 aromatic heterocycles. The van der Waals surface area contributed by atoms with Gasteiger partial charge in [0.25, 0.3) is 0 Å². The van der Waals surface area contributed by atoms with Crippen LogP contribution in [-0.2, 0) is 0 Å². The number of rotatable bonds is 4. The number of hydrogen-bond acceptors (Lipinski definition) is 3. The number of hydrogen-bond donors (Lipinski definition) is 0.